The maximum Gasteiger partial charge on any atom is 0.0640 e. The Bertz CT molecular complexity index is 387. The van der Waals surface area contributed by atoms with Crippen molar-refractivity contribution in [2.24, 2.45) is 5.84 Å². The Morgan fingerprint density at radius 1 is 1.45 bits per heavy atom. The summed E-state index contributed by atoms with van der Waals surface area (Å²) in [5, 5.41) is 4.74. The van der Waals surface area contributed by atoms with Crippen LogP contribution in [0.1, 0.15) is 57.2 Å². The minimum atomic E-state index is 0.205. The van der Waals surface area contributed by atoms with Crippen LogP contribution < -0.4 is 11.3 Å². The summed E-state index contributed by atoms with van der Waals surface area (Å²) in [6.45, 7) is 2.06. The van der Waals surface area contributed by atoms with E-state index in [1.165, 1.54) is 32.1 Å². The minimum Gasteiger partial charge on any atom is -0.382 e. The summed E-state index contributed by atoms with van der Waals surface area (Å²) in [5.74, 6) is 5.63. The number of aromatic nitrogens is 2. The van der Waals surface area contributed by atoms with Crippen LogP contribution in [0.15, 0.2) is 12.3 Å². The van der Waals surface area contributed by atoms with E-state index in [-0.39, 0.29) is 12.1 Å². The predicted molar refractivity (Wildman–Crippen MR) is 80.3 cm³/mol. The number of hydrogen-bond acceptors (Lipinski definition) is 4. The molecule has 5 heteroatoms. The van der Waals surface area contributed by atoms with Gasteiger partial charge >= 0.3 is 0 Å². The van der Waals surface area contributed by atoms with Gasteiger partial charge < -0.3 is 4.74 Å². The van der Waals surface area contributed by atoms with Gasteiger partial charge in [0.15, 0.2) is 0 Å². The van der Waals surface area contributed by atoms with E-state index < -0.39 is 0 Å². The molecule has 114 valence electrons. The molecule has 0 aromatic carbocycles. The summed E-state index contributed by atoms with van der Waals surface area (Å²) in [6.07, 6.45) is 10.6. The van der Waals surface area contributed by atoms with Gasteiger partial charge in [0.05, 0.1) is 17.8 Å². The molecule has 3 N–H and O–H groups in total. The monoisotopic (exact) mass is 280 g/mol. The third kappa shape index (κ3) is 4.30. The molecule has 0 aliphatic heterocycles. The second-order valence-electron chi connectivity index (χ2n) is 5.93. The predicted octanol–water partition coefficient (Wildman–Crippen LogP) is 2.19. The molecule has 1 aromatic heterocycles. The van der Waals surface area contributed by atoms with Gasteiger partial charge in [0.2, 0.25) is 0 Å². The SMILES string of the molecule is COC(C)CC(Cc1ccn(C2CCCCC2)n1)NN. The van der Waals surface area contributed by atoms with Crippen LogP contribution >= 0.6 is 0 Å². The summed E-state index contributed by atoms with van der Waals surface area (Å²) in [4.78, 5) is 0. The van der Waals surface area contributed by atoms with E-state index in [4.69, 9.17) is 15.7 Å². The van der Waals surface area contributed by atoms with E-state index in [1.54, 1.807) is 7.11 Å². The van der Waals surface area contributed by atoms with Crippen LogP contribution in [0.3, 0.4) is 0 Å². The van der Waals surface area contributed by atoms with E-state index in [9.17, 15) is 0 Å². The number of hydrogen-bond donors (Lipinski definition) is 2. The average molecular weight is 280 g/mol. The van der Waals surface area contributed by atoms with Gasteiger partial charge in [-0.05, 0) is 32.3 Å². The van der Waals surface area contributed by atoms with Crippen LogP contribution in [0.25, 0.3) is 0 Å². The molecule has 1 saturated carbocycles. The molecule has 0 saturated heterocycles. The van der Waals surface area contributed by atoms with Crippen molar-refractivity contribution in [3.05, 3.63) is 18.0 Å². The number of methoxy groups -OCH3 is 1. The van der Waals surface area contributed by atoms with Gasteiger partial charge in [-0.25, -0.2) is 0 Å². The second kappa shape index (κ2) is 7.76. The van der Waals surface area contributed by atoms with Crippen molar-refractivity contribution in [1.82, 2.24) is 15.2 Å². The highest BCUT2D eigenvalue weighted by Gasteiger charge is 2.18. The van der Waals surface area contributed by atoms with Gasteiger partial charge in [0.1, 0.15) is 0 Å². The van der Waals surface area contributed by atoms with Crippen LogP contribution in [0.5, 0.6) is 0 Å². The Labute approximate surface area is 121 Å². The molecule has 1 heterocycles. The average Bonchev–Trinajstić information content (AvgIpc) is 2.95. The lowest BCUT2D eigenvalue weighted by atomic mass is 9.96. The van der Waals surface area contributed by atoms with Crippen molar-refractivity contribution >= 4 is 0 Å². The van der Waals surface area contributed by atoms with Gasteiger partial charge in [-0.2, -0.15) is 5.10 Å². The van der Waals surface area contributed by atoms with Crippen LogP contribution in [-0.4, -0.2) is 29.0 Å². The molecule has 0 spiro atoms. The molecule has 1 aliphatic carbocycles. The van der Waals surface area contributed by atoms with Gasteiger partial charge in [0.25, 0.3) is 0 Å². The van der Waals surface area contributed by atoms with Crippen LogP contribution in [0, 0.1) is 0 Å². The van der Waals surface area contributed by atoms with Gasteiger partial charge in [0, 0.05) is 25.8 Å². The summed E-state index contributed by atoms with van der Waals surface area (Å²) in [7, 11) is 1.73. The number of ether oxygens (including phenoxy) is 1. The highest BCUT2D eigenvalue weighted by molar-refractivity contribution is 5.02. The van der Waals surface area contributed by atoms with Crippen LogP contribution in [0.2, 0.25) is 0 Å². The molecule has 0 radical (unpaired) electrons. The molecule has 1 fully saturated rings. The fourth-order valence-corrected chi connectivity index (χ4v) is 2.99. The first-order chi connectivity index (χ1) is 9.72. The molecule has 5 nitrogen and oxygen atoms in total. The third-order valence-electron chi connectivity index (χ3n) is 4.32. The molecular weight excluding hydrogens is 252 g/mol. The van der Waals surface area contributed by atoms with Gasteiger partial charge in [-0.1, -0.05) is 19.3 Å². The van der Waals surface area contributed by atoms with Crippen LogP contribution in [-0.2, 0) is 11.2 Å². The standard InChI is InChI=1S/C15H28N4O/c1-12(20-2)10-14(17-16)11-13-8-9-19(18-13)15-6-4-3-5-7-15/h8-9,12,14-15,17H,3-7,10-11,16H2,1-2H3. The van der Waals surface area contributed by atoms with Gasteiger partial charge in [-0.3, -0.25) is 16.0 Å². The van der Waals surface area contributed by atoms with E-state index in [0.717, 1.165) is 18.5 Å². The lowest BCUT2D eigenvalue weighted by Crippen LogP contribution is -2.39. The maximum atomic E-state index is 5.63. The zero-order valence-corrected chi connectivity index (χ0v) is 12.7. The molecule has 2 rings (SSSR count). The fraction of sp³-hybridized carbons (Fsp3) is 0.800. The molecule has 0 bridgehead atoms. The molecule has 0 amide bonds. The van der Waals surface area contributed by atoms with Crippen molar-refractivity contribution in [3.8, 4) is 0 Å². The first-order valence-electron chi connectivity index (χ1n) is 7.76. The van der Waals surface area contributed by atoms with Crippen molar-refractivity contribution in [3.63, 3.8) is 0 Å². The van der Waals surface area contributed by atoms with Crippen molar-refractivity contribution in [1.29, 1.82) is 0 Å². The normalized spacial score (nSPS) is 19.9. The zero-order chi connectivity index (χ0) is 14.4. The Morgan fingerprint density at radius 2 is 2.20 bits per heavy atom. The number of nitrogens with two attached hydrogens (primary N) is 1. The number of rotatable bonds is 7. The highest BCUT2D eigenvalue weighted by Crippen LogP contribution is 2.27. The van der Waals surface area contributed by atoms with Crippen molar-refractivity contribution < 1.29 is 4.74 Å². The lowest BCUT2D eigenvalue weighted by molar-refractivity contribution is 0.100. The summed E-state index contributed by atoms with van der Waals surface area (Å²) < 4.78 is 7.45. The number of nitrogens with zero attached hydrogens (tertiary/aromatic N) is 2. The quantitative estimate of drug-likeness (QED) is 0.593. The molecule has 1 aliphatic rings. The molecule has 2 unspecified atom stereocenters. The Balaban J connectivity index is 1.90. The summed E-state index contributed by atoms with van der Waals surface area (Å²) in [5.41, 5.74) is 3.99. The number of nitrogens with one attached hydrogen (secondary N) is 1. The van der Waals surface area contributed by atoms with E-state index >= 15 is 0 Å². The molecular formula is C15H28N4O. The third-order valence-corrected chi connectivity index (χ3v) is 4.32. The Kier molecular flexibility index (Phi) is 6.01. The lowest BCUT2D eigenvalue weighted by Gasteiger charge is -2.22. The number of hydrazine groups is 1. The Morgan fingerprint density at radius 3 is 2.85 bits per heavy atom. The summed E-state index contributed by atoms with van der Waals surface area (Å²) >= 11 is 0. The minimum absolute atomic E-state index is 0.205. The largest absolute Gasteiger partial charge is 0.382 e. The van der Waals surface area contributed by atoms with Crippen LogP contribution in [0.4, 0.5) is 0 Å². The topological polar surface area (TPSA) is 65.1 Å². The summed E-state index contributed by atoms with van der Waals surface area (Å²) in [6, 6.07) is 2.93. The Hall–Kier alpha value is -0.910. The highest BCUT2D eigenvalue weighted by atomic mass is 16.5. The van der Waals surface area contributed by atoms with Gasteiger partial charge in [-0.15, -0.1) is 0 Å². The van der Waals surface area contributed by atoms with Crippen molar-refractivity contribution in [2.45, 2.75) is 70.1 Å². The van der Waals surface area contributed by atoms with E-state index in [2.05, 4.69) is 29.3 Å². The first-order valence-corrected chi connectivity index (χ1v) is 7.76. The molecule has 20 heavy (non-hydrogen) atoms. The smallest absolute Gasteiger partial charge is 0.0640 e. The maximum absolute atomic E-state index is 5.63. The molecule has 2 atom stereocenters. The van der Waals surface area contributed by atoms with E-state index in [0.29, 0.717) is 6.04 Å². The van der Waals surface area contributed by atoms with Crippen molar-refractivity contribution in [2.75, 3.05) is 7.11 Å². The fourth-order valence-electron chi connectivity index (χ4n) is 2.99. The second-order valence-corrected chi connectivity index (χ2v) is 5.93. The molecule has 1 aromatic rings. The zero-order valence-electron chi connectivity index (χ0n) is 12.7. The first kappa shape index (κ1) is 15.5. The van der Waals surface area contributed by atoms with E-state index in [1.807, 2.05) is 0 Å².